The van der Waals surface area contributed by atoms with Crippen LogP contribution in [0.5, 0.6) is 0 Å². The van der Waals surface area contributed by atoms with E-state index < -0.39 is 10.0 Å². The lowest BCUT2D eigenvalue weighted by Gasteiger charge is -2.23. The average Bonchev–Trinajstić information content (AvgIpc) is 2.74. The Labute approximate surface area is 188 Å². The van der Waals surface area contributed by atoms with Gasteiger partial charge in [-0.1, -0.05) is 18.2 Å². The molecule has 7 heteroatoms. The van der Waals surface area contributed by atoms with Gasteiger partial charge in [0.25, 0.3) is 5.91 Å². The highest BCUT2D eigenvalue weighted by Gasteiger charge is 2.18. The van der Waals surface area contributed by atoms with Gasteiger partial charge in [0.1, 0.15) is 0 Å². The summed E-state index contributed by atoms with van der Waals surface area (Å²) in [6.45, 7) is 5.57. The summed E-state index contributed by atoms with van der Waals surface area (Å²) in [6, 6.07) is 19.0. The van der Waals surface area contributed by atoms with E-state index in [4.69, 9.17) is 0 Å². The molecule has 3 rings (SSSR count). The zero-order valence-electron chi connectivity index (χ0n) is 18.5. The van der Waals surface area contributed by atoms with Crippen LogP contribution in [0.3, 0.4) is 0 Å². The van der Waals surface area contributed by atoms with Crippen molar-refractivity contribution in [1.82, 2.24) is 0 Å². The molecule has 0 fully saturated rings. The van der Waals surface area contributed by atoms with E-state index in [0.29, 0.717) is 22.5 Å². The summed E-state index contributed by atoms with van der Waals surface area (Å²) in [6.07, 6.45) is 1.18. The summed E-state index contributed by atoms with van der Waals surface area (Å²) in [5.41, 5.74) is 5.07. The predicted octanol–water partition coefficient (Wildman–Crippen LogP) is 4.72. The second-order valence-electron chi connectivity index (χ2n) is 7.82. The number of ketones is 1. The molecule has 166 valence electrons. The van der Waals surface area contributed by atoms with Gasteiger partial charge in [-0.05, 0) is 86.0 Å². The number of carbonyl (C=O) groups is 2. The van der Waals surface area contributed by atoms with Crippen molar-refractivity contribution < 1.29 is 18.0 Å². The van der Waals surface area contributed by atoms with Crippen LogP contribution in [0.15, 0.2) is 66.7 Å². The molecule has 0 unspecified atom stereocenters. The maximum absolute atomic E-state index is 12.5. The van der Waals surface area contributed by atoms with Crippen molar-refractivity contribution in [2.75, 3.05) is 15.9 Å². The monoisotopic (exact) mass is 450 g/mol. The molecule has 0 heterocycles. The molecule has 0 saturated heterocycles. The van der Waals surface area contributed by atoms with E-state index in [1.54, 1.807) is 54.6 Å². The Morgan fingerprint density at radius 3 is 1.97 bits per heavy atom. The van der Waals surface area contributed by atoms with Gasteiger partial charge in [0.05, 0.1) is 18.5 Å². The Morgan fingerprint density at radius 1 is 0.844 bits per heavy atom. The second-order valence-corrected chi connectivity index (χ2v) is 9.73. The molecule has 0 radical (unpaired) electrons. The van der Waals surface area contributed by atoms with Crippen molar-refractivity contribution in [2.24, 2.45) is 0 Å². The van der Waals surface area contributed by atoms with E-state index >= 15 is 0 Å². The summed E-state index contributed by atoms with van der Waals surface area (Å²) >= 11 is 0. The van der Waals surface area contributed by atoms with Crippen LogP contribution in [-0.4, -0.2) is 26.4 Å². The predicted molar refractivity (Wildman–Crippen MR) is 128 cm³/mol. The molecule has 0 aliphatic rings. The molecule has 0 bridgehead atoms. The minimum absolute atomic E-state index is 0.0394. The van der Waals surface area contributed by atoms with E-state index in [-0.39, 0.29) is 18.2 Å². The number of amides is 1. The third-order valence-corrected chi connectivity index (χ3v) is 6.41. The van der Waals surface area contributed by atoms with Crippen LogP contribution in [0.4, 0.5) is 11.4 Å². The van der Waals surface area contributed by atoms with E-state index in [1.165, 1.54) is 17.5 Å². The summed E-state index contributed by atoms with van der Waals surface area (Å²) in [7, 11) is -3.49. The molecule has 1 N–H and O–H groups in total. The summed E-state index contributed by atoms with van der Waals surface area (Å²) in [5.74, 6) is -0.330. The lowest BCUT2D eigenvalue weighted by molar-refractivity contribution is 0.101. The fraction of sp³-hybridized carbons (Fsp3) is 0.200. The first kappa shape index (κ1) is 23.2. The highest BCUT2D eigenvalue weighted by atomic mass is 32.2. The van der Waals surface area contributed by atoms with E-state index in [2.05, 4.69) is 5.32 Å². The Morgan fingerprint density at radius 2 is 1.44 bits per heavy atom. The number of carbonyl (C=O) groups excluding carboxylic acids is 2. The van der Waals surface area contributed by atoms with Crippen molar-refractivity contribution in [1.29, 1.82) is 0 Å². The van der Waals surface area contributed by atoms with Crippen LogP contribution in [0, 0.1) is 13.8 Å². The quantitative estimate of drug-likeness (QED) is 0.528. The van der Waals surface area contributed by atoms with Crippen LogP contribution in [0.1, 0.15) is 44.3 Å². The molecule has 0 saturated carbocycles. The van der Waals surface area contributed by atoms with Gasteiger partial charge in [-0.25, -0.2) is 8.42 Å². The Balaban J connectivity index is 1.75. The molecular formula is C25H26N2O4S. The molecule has 3 aromatic rings. The third-order valence-electron chi connectivity index (χ3n) is 5.27. The largest absolute Gasteiger partial charge is 0.322 e. The number of rotatable bonds is 7. The maximum Gasteiger partial charge on any atom is 0.255 e. The van der Waals surface area contributed by atoms with Crippen molar-refractivity contribution in [2.45, 2.75) is 27.3 Å². The topological polar surface area (TPSA) is 83.6 Å². The fourth-order valence-electron chi connectivity index (χ4n) is 3.20. The minimum Gasteiger partial charge on any atom is -0.322 e. The normalized spacial score (nSPS) is 11.1. The first-order valence-corrected chi connectivity index (χ1v) is 12.0. The van der Waals surface area contributed by atoms with Crippen LogP contribution in [-0.2, 0) is 16.6 Å². The maximum atomic E-state index is 12.5. The van der Waals surface area contributed by atoms with Crippen molar-refractivity contribution in [3.63, 3.8) is 0 Å². The molecule has 0 aliphatic carbocycles. The first-order chi connectivity index (χ1) is 15.0. The van der Waals surface area contributed by atoms with Gasteiger partial charge in [0.15, 0.2) is 5.78 Å². The number of Topliss-reactive ketones (excluding diaryl/α,β-unsaturated/α-hetero) is 1. The zero-order valence-corrected chi connectivity index (χ0v) is 19.4. The molecule has 32 heavy (non-hydrogen) atoms. The van der Waals surface area contributed by atoms with Gasteiger partial charge >= 0.3 is 0 Å². The molecule has 6 nitrogen and oxygen atoms in total. The average molecular weight is 451 g/mol. The number of hydrogen-bond acceptors (Lipinski definition) is 4. The second kappa shape index (κ2) is 9.36. The molecule has 1 amide bonds. The highest BCUT2D eigenvalue weighted by Crippen LogP contribution is 2.24. The van der Waals surface area contributed by atoms with Crippen molar-refractivity contribution >= 4 is 33.1 Å². The number of sulfonamides is 1. The number of nitrogens with zero attached hydrogens (tertiary/aromatic N) is 1. The number of aryl methyl sites for hydroxylation is 2. The van der Waals surface area contributed by atoms with E-state index in [1.807, 2.05) is 26.0 Å². The SMILES string of the molecule is CC(=O)c1ccc(NC(=O)c2ccc(CN(c3ccc(C)c(C)c3)S(C)(=O)=O)cc2)cc1. The van der Waals surface area contributed by atoms with Crippen molar-refractivity contribution in [3.05, 3.63) is 94.5 Å². The highest BCUT2D eigenvalue weighted by molar-refractivity contribution is 7.92. The summed E-state index contributed by atoms with van der Waals surface area (Å²) in [5, 5.41) is 2.79. The van der Waals surface area contributed by atoms with Crippen molar-refractivity contribution in [3.8, 4) is 0 Å². The Bertz CT molecular complexity index is 1250. The Hall–Kier alpha value is -3.45. The molecule has 3 aromatic carbocycles. The van der Waals surface area contributed by atoms with Crippen LogP contribution < -0.4 is 9.62 Å². The van der Waals surface area contributed by atoms with Gasteiger partial charge in [-0.3, -0.25) is 13.9 Å². The molecular weight excluding hydrogens is 424 g/mol. The van der Waals surface area contributed by atoms with E-state index in [0.717, 1.165) is 16.7 Å². The summed E-state index contributed by atoms with van der Waals surface area (Å²) in [4.78, 5) is 23.9. The minimum atomic E-state index is -3.49. The number of benzene rings is 3. The van der Waals surface area contributed by atoms with Gasteiger partial charge in [0, 0.05) is 16.8 Å². The van der Waals surface area contributed by atoms with Gasteiger partial charge in [-0.2, -0.15) is 0 Å². The van der Waals surface area contributed by atoms with Crippen LogP contribution >= 0.6 is 0 Å². The molecule has 0 aromatic heterocycles. The Kier molecular flexibility index (Phi) is 6.79. The number of nitrogens with one attached hydrogen (secondary N) is 1. The standard InChI is InChI=1S/C25H26N2O4S/c1-17-5-14-24(15-18(17)2)27(32(4,30)31)16-20-6-8-22(9-7-20)25(29)26-23-12-10-21(11-13-23)19(3)28/h5-15H,16H2,1-4H3,(H,26,29). The molecule has 0 spiro atoms. The zero-order chi connectivity index (χ0) is 23.5. The number of hydrogen-bond donors (Lipinski definition) is 1. The third kappa shape index (κ3) is 5.62. The lowest BCUT2D eigenvalue weighted by Crippen LogP contribution is -2.29. The van der Waals surface area contributed by atoms with Gasteiger partial charge in [-0.15, -0.1) is 0 Å². The number of anilines is 2. The van der Waals surface area contributed by atoms with Crippen LogP contribution in [0.2, 0.25) is 0 Å². The van der Waals surface area contributed by atoms with Gasteiger partial charge < -0.3 is 5.32 Å². The summed E-state index contributed by atoms with van der Waals surface area (Å²) < 4.78 is 26.2. The van der Waals surface area contributed by atoms with E-state index in [9.17, 15) is 18.0 Å². The molecule has 0 aliphatic heterocycles. The molecule has 0 atom stereocenters. The fourth-order valence-corrected chi connectivity index (χ4v) is 4.08. The first-order valence-electron chi connectivity index (χ1n) is 10.1. The smallest absolute Gasteiger partial charge is 0.255 e. The lowest BCUT2D eigenvalue weighted by atomic mass is 10.1. The van der Waals surface area contributed by atoms with Gasteiger partial charge in [0.2, 0.25) is 10.0 Å². The van der Waals surface area contributed by atoms with Crippen LogP contribution in [0.25, 0.3) is 0 Å².